The van der Waals surface area contributed by atoms with Crippen LogP contribution in [0.4, 0.5) is 0 Å². The molecule has 0 spiro atoms. The molecule has 1 fully saturated rings. The molecule has 0 saturated heterocycles. The normalized spacial score (nSPS) is 18.5. The number of hydrogen-bond acceptors (Lipinski definition) is 3. The van der Waals surface area contributed by atoms with Crippen molar-refractivity contribution in [1.29, 1.82) is 0 Å². The van der Waals surface area contributed by atoms with E-state index in [-0.39, 0.29) is 0 Å². The zero-order chi connectivity index (χ0) is 11.1. The lowest BCUT2D eigenvalue weighted by Gasteiger charge is -2.13. The summed E-state index contributed by atoms with van der Waals surface area (Å²) in [7, 11) is -1.97. The van der Waals surface area contributed by atoms with E-state index in [0.29, 0.717) is 18.6 Å². The molecular weight excluding hydrogens is 214 g/mol. The minimum absolute atomic E-state index is 0.596. The summed E-state index contributed by atoms with van der Waals surface area (Å²) in [5.74, 6) is 0.655. The maximum absolute atomic E-state index is 11.5. The minimum Gasteiger partial charge on any atom is -0.497 e. The average molecular weight is 227 g/mol. The molecule has 0 radical (unpaired) electrons. The van der Waals surface area contributed by atoms with E-state index < -0.39 is 14.8 Å². The van der Waals surface area contributed by atoms with Gasteiger partial charge in [0.05, 0.1) is 7.11 Å². The predicted molar refractivity (Wildman–Crippen MR) is 57.0 cm³/mol. The van der Waals surface area contributed by atoms with Gasteiger partial charge in [-0.1, -0.05) is 12.1 Å². The van der Waals surface area contributed by atoms with E-state index in [1.54, 1.807) is 31.4 Å². The van der Waals surface area contributed by atoms with E-state index in [1.165, 1.54) is 0 Å². The molecule has 0 aromatic heterocycles. The number of primary sulfonamides is 1. The molecule has 0 heterocycles. The van der Waals surface area contributed by atoms with Gasteiger partial charge in [-0.25, -0.2) is 13.6 Å². The van der Waals surface area contributed by atoms with Crippen LogP contribution in [0, 0.1) is 0 Å². The van der Waals surface area contributed by atoms with Gasteiger partial charge in [0.25, 0.3) is 0 Å². The minimum atomic E-state index is -3.52. The zero-order valence-corrected chi connectivity index (χ0v) is 9.25. The lowest BCUT2D eigenvalue weighted by Crippen LogP contribution is -2.28. The summed E-state index contributed by atoms with van der Waals surface area (Å²) in [5.41, 5.74) is 0.726. The van der Waals surface area contributed by atoms with Crippen molar-refractivity contribution in [2.75, 3.05) is 7.11 Å². The molecule has 1 aromatic carbocycles. The molecule has 0 bridgehead atoms. The summed E-state index contributed by atoms with van der Waals surface area (Å²) in [5, 5.41) is 5.23. The molecule has 5 heteroatoms. The predicted octanol–water partition coefficient (Wildman–Crippen LogP) is 0.973. The largest absolute Gasteiger partial charge is 0.497 e. The van der Waals surface area contributed by atoms with Gasteiger partial charge in [0, 0.05) is 0 Å². The molecule has 4 nitrogen and oxygen atoms in total. The van der Waals surface area contributed by atoms with Crippen molar-refractivity contribution >= 4 is 10.0 Å². The average Bonchev–Trinajstić information content (AvgIpc) is 2.97. The molecule has 2 rings (SSSR count). The third kappa shape index (κ3) is 1.61. The Morgan fingerprint density at radius 1 is 1.40 bits per heavy atom. The Hall–Kier alpha value is -1.07. The van der Waals surface area contributed by atoms with Crippen LogP contribution >= 0.6 is 0 Å². The van der Waals surface area contributed by atoms with Crippen molar-refractivity contribution in [2.24, 2.45) is 5.14 Å². The lowest BCUT2D eigenvalue weighted by molar-refractivity contribution is 0.414. The Bertz CT molecular complexity index is 477. The molecular formula is C10H13NO3S. The fourth-order valence-electron chi connectivity index (χ4n) is 1.76. The molecule has 0 amide bonds. The summed E-state index contributed by atoms with van der Waals surface area (Å²) < 4.78 is 27.1. The van der Waals surface area contributed by atoms with Crippen molar-refractivity contribution in [3.63, 3.8) is 0 Å². The van der Waals surface area contributed by atoms with E-state index in [2.05, 4.69) is 0 Å². The maximum Gasteiger partial charge on any atom is 0.219 e. The third-order valence-corrected chi connectivity index (χ3v) is 4.58. The Balaban J connectivity index is 2.47. The van der Waals surface area contributed by atoms with Crippen LogP contribution in [0.25, 0.3) is 0 Å². The van der Waals surface area contributed by atoms with Crippen LogP contribution in [-0.2, 0) is 14.8 Å². The van der Waals surface area contributed by atoms with E-state index >= 15 is 0 Å². The first-order valence-electron chi connectivity index (χ1n) is 4.66. The quantitative estimate of drug-likeness (QED) is 0.836. The highest BCUT2D eigenvalue weighted by molar-refractivity contribution is 7.90. The van der Waals surface area contributed by atoms with E-state index in [4.69, 9.17) is 9.88 Å². The second-order valence-corrected chi connectivity index (χ2v) is 5.64. The van der Waals surface area contributed by atoms with Crippen molar-refractivity contribution in [1.82, 2.24) is 0 Å². The van der Waals surface area contributed by atoms with Crippen LogP contribution in [-0.4, -0.2) is 15.5 Å². The van der Waals surface area contributed by atoms with Crippen LogP contribution in [0.2, 0.25) is 0 Å². The summed E-state index contributed by atoms with van der Waals surface area (Å²) in [6, 6.07) is 7.07. The van der Waals surface area contributed by atoms with Gasteiger partial charge in [-0.3, -0.25) is 0 Å². The molecule has 0 atom stereocenters. The second-order valence-electron chi connectivity index (χ2n) is 3.77. The van der Waals surface area contributed by atoms with E-state index in [1.807, 2.05) is 0 Å². The molecule has 82 valence electrons. The highest BCUT2D eigenvalue weighted by atomic mass is 32.2. The highest BCUT2D eigenvalue weighted by Crippen LogP contribution is 2.51. The Labute approximate surface area is 89.1 Å². The number of benzene rings is 1. The van der Waals surface area contributed by atoms with Crippen LogP contribution in [0.3, 0.4) is 0 Å². The molecule has 1 aliphatic rings. The van der Waals surface area contributed by atoms with Gasteiger partial charge in [0.1, 0.15) is 10.5 Å². The number of methoxy groups -OCH3 is 1. The first kappa shape index (κ1) is 10.4. The number of rotatable bonds is 3. The fraction of sp³-hybridized carbons (Fsp3) is 0.400. The topological polar surface area (TPSA) is 69.4 Å². The van der Waals surface area contributed by atoms with Gasteiger partial charge in [0.2, 0.25) is 10.0 Å². The Morgan fingerprint density at radius 2 is 2.07 bits per heavy atom. The van der Waals surface area contributed by atoms with E-state index in [9.17, 15) is 8.42 Å². The van der Waals surface area contributed by atoms with Crippen LogP contribution in [0.15, 0.2) is 24.3 Å². The summed E-state index contributed by atoms with van der Waals surface area (Å²) in [6.45, 7) is 0. The van der Waals surface area contributed by atoms with Gasteiger partial charge >= 0.3 is 0 Å². The number of ether oxygens (including phenoxy) is 1. The molecule has 1 aliphatic carbocycles. The van der Waals surface area contributed by atoms with Crippen LogP contribution in [0.5, 0.6) is 5.75 Å². The third-order valence-electron chi connectivity index (χ3n) is 2.84. The van der Waals surface area contributed by atoms with Gasteiger partial charge in [-0.2, -0.15) is 0 Å². The van der Waals surface area contributed by atoms with Gasteiger partial charge in [0.15, 0.2) is 0 Å². The first-order chi connectivity index (χ1) is 6.99. The van der Waals surface area contributed by atoms with Gasteiger partial charge in [-0.05, 0) is 30.5 Å². The molecule has 2 N–H and O–H groups in total. The Kier molecular flexibility index (Phi) is 2.24. The summed E-state index contributed by atoms with van der Waals surface area (Å²) in [6.07, 6.45) is 1.19. The molecule has 0 unspecified atom stereocenters. The van der Waals surface area contributed by atoms with Crippen molar-refractivity contribution in [2.45, 2.75) is 17.6 Å². The Morgan fingerprint density at radius 3 is 2.53 bits per heavy atom. The zero-order valence-electron chi connectivity index (χ0n) is 8.43. The van der Waals surface area contributed by atoms with Crippen LogP contribution in [0.1, 0.15) is 18.4 Å². The highest BCUT2D eigenvalue weighted by Gasteiger charge is 2.54. The maximum atomic E-state index is 11.5. The van der Waals surface area contributed by atoms with Crippen molar-refractivity contribution in [3.05, 3.63) is 29.8 Å². The summed E-state index contributed by atoms with van der Waals surface area (Å²) >= 11 is 0. The standard InChI is InChI=1S/C10H13NO3S/c1-14-9-4-2-3-8(7-9)10(5-6-10)15(11,12)13/h2-4,7H,5-6H2,1H3,(H2,11,12,13). The number of nitrogens with two attached hydrogens (primary N) is 1. The van der Waals surface area contributed by atoms with Crippen molar-refractivity contribution < 1.29 is 13.2 Å². The summed E-state index contributed by atoms with van der Waals surface area (Å²) in [4.78, 5) is 0. The van der Waals surface area contributed by atoms with Gasteiger partial charge < -0.3 is 4.74 Å². The second kappa shape index (κ2) is 3.21. The number of hydrogen-bond donors (Lipinski definition) is 1. The molecule has 15 heavy (non-hydrogen) atoms. The number of sulfonamides is 1. The molecule has 0 aliphatic heterocycles. The molecule has 1 aromatic rings. The smallest absolute Gasteiger partial charge is 0.219 e. The fourth-order valence-corrected chi connectivity index (χ4v) is 2.88. The van der Waals surface area contributed by atoms with Crippen LogP contribution < -0.4 is 9.88 Å². The van der Waals surface area contributed by atoms with E-state index in [0.717, 1.165) is 5.56 Å². The first-order valence-corrected chi connectivity index (χ1v) is 6.21. The lowest BCUT2D eigenvalue weighted by atomic mass is 10.1. The van der Waals surface area contributed by atoms with Gasteiger partial charge in [-0.15, -0.1) is 0 Å². The SMILES string of the molecule is COc1cccc(C2(S(N)(=O)=O)CC2)c1. The van der Waals surface area contributed by atoms with Crippen molar-refractivity contribution in [3.8, 4) is 5.75 Å². The molecule has 1 saturated carbocycles. The monoisotopic (exact) mass is 227 g/mol.